The molecule has 2 aromatic heterocycles. The molecule has 0 radical (unpaired) electrons. The number of benzene rings is 3. The maximum Gasteiger partial charge on any atom is 0.246 e. The molecule has 0 aliphatic carbocycles. The zero-order valence-electron chi connectivity index (χ0n) is 48.2. The molecular weight excluding hydrogens is 1040 g/mol. The minimum absolute atomic E-state index is 0.0483. The summed E-state index contributed by atoms with van der Waals surface area (Å²) in [5.41, 5.74) is 5.53. The first-order valence-corrected chi connectivity index (χ1v) is 30.1. The molecule has 4 fully saturated rings. The van der Waals surface area contributed by atoms with E-state index < -0.39 is 48.3 Å². The van der Waals surface area contributed by atoms with Crippen LogP contribution in [0.2, 0.25) is 0 Å². The number of aryl methyl sites for hydroxylation is 4. The number of hydrogen-bond acceptors (Lipinski definition) is 12. The van der Waals surface area contributed by atoms with E-state index in [4.69, 9.17) is 0 Å². The number of rotatable bonds is 24. The SMILES string of the molecule is CN[C@@H](C)C(=O)N[C@H]1CCCCC2CCC(C(=O)NC(c3ccccc3)c3cn(CCCCc4ccc(CCCCn5cc([C@@H](NC(=O)C6CCC7CCCC[C@H](NC(=O)[C@@H](C)NC)C(=O)N76)c6ccccc6)nn5)cc4)nn3)N2C1=O. The van der Waals surface area contributed by atoms with E-state index in [0.717, 1.165) is 101 Å². The second-order valence-electron chi connectivity index (χ2n) is 22.9. The average Bonchev–Trinajstić information content (AvgIpc) is 4.39. The maximum absolute atomic E-state index is 14.3. The van der Waals surface area contributed by atoms with Gasteiger partial charge >= 0.3 is 0 Å². The van der Waals surface area contributed by atoms with E-state index >= 15 is 0 Å². The fourth-order valence-corrected chi connectivity index (χ4v) is 12.3. The Morgan fingerprint density at radius 3 is 1.29 bits per heavy atom. The molecule has 5 aromatic rings. The number of hydrogen-bond donors (Lipinski definition) is 6. The van der Waals surface area contributed by atoms with Crippen molar-refractivity contribution in [3.8, 4) is 0 Å². The molecule has 10 atom stereocenters. The number of fused-ring (bicyclic) bond motifs is 2. The zero-order valence-corrected chi connectivity index (χ0v) is 48.2. The Hall–Kier alpha value is -7.32. The standard InChI is InChI=1S/C62H84N14O6/c1-41(63-3)57(77)65-49-27-13-11-25-47-33-35-53(75(47)61(49)81)59(79)67-55(45-21-7-5-8-22-45)51-39-73(71-69-51)37-17-15-19-43-29-31-44(32-30-43)20-16-18-38-74-40-52(70-72-74)56(46-23-9-6-10-24-46)68-60(80)54-36-34-48-26-12-14-28-50(62(82)76(48)54)66-58(78)42(2)64-4/h5-10,21-24,29-32,39-42,47-50,53-56,63-64H,11-20,25-28,33-38H2,1-4H3,(H,65,77)(H,66,78)(H,67,79)(H,68,80)/t41-,42+,47?,48?,49-,50-,53?,54?,55?,56-/m0/s1. The van der Waals surface area contributed by atoms with Crippen LogP contribution in [0.1, 0.15) is 162 Å². The van der Waals surface area contributed by atoms with Gasteiger partial charge in [0.2, 0.25) is 35.4 Å². The summed E-state index contributed by atoms with van der Waals surface area (Å²) in [5.74, 6) is -1.31. The number of unbranched alkanes of at least 4 members (excludes halogenated alkanes) is 2. The smallest absolute Gasteiger partial charge is 0.246 e. The summed E-state index contributed by atoms with van der Waals surface area (Å²) in [5, 5.41) is 36.4. The molecule has 0 spiro atoms. The van der Waals surface area contributed by atoms with Gasteiger partial charge in [-0.05, 0) is 140 Å². The van der Waals surface area contributed by atoms with E-state index in [1.807, 2.05) is 82.4 Å². The lowest BCUT2D eigenvalue weighted by Gasteiger charge is -2.36. The lowest BCUT2D eigenvalue weighted by Crippen LogP contribution is -2.58. The molecule has 20 nitrogen and oxygen atoms in total. The number of nitrogens with one attached hydrogen (secondary N) is 6. The van der Waals surface area contributed by atoms with Crippen LogP contribution >= 0.6 is 0 Å². The molecule has 0 bridgehead atoms. The summed E-state index contributed by atoms with van der Waals surface area (Å²) in [6.07, 6.45) is 18.2. The van der Waals surface area contributed by atoms with E-state index in [0.29, 0.717) is 50.2 Å². The van der Waals surface area contributed by atoms with Gasteiger partial charge in [0.15, 0.2) is 0 Å². The molecule has 6 heterocycles. The van der Waals surface area contributed by atoms with Crippen molar-refractivity contribution < 1.29 is 28.8 Å². The third kappa shape index (κ3) is 14.8. The molecule has 4 saturated heterocycles. The lowest BCUT2D eigenvalue weighted by molar-refractivity contribution is -0.144. The van der Waals surface area contributed by atoms with Gasteiger partial charge in [0, 0.05) is 25.2 Å². The first-order valence-electron chi connectivity index (χ1n) is 30.1. The third-order valence-electron chi connectivity index (χ3n) is 17.3. The van der Waals surface area contributed by atoms with Crippen LogP contribution in [0, 0.1) is 0 Å². The summed E-state index contributed by atoms with van der Waals surface area (Å²) in [4.78, 5) is 86.0. The molecule has 0 saturated carbocycles. The molecule has 438 valence electrons. The Morgan fingerprint density at radius 2 is 0.902 bits per heavy atom. The Balaban J connectivity index is 0.734. The topological polar surface area (TPSA) is 242 Å². The quantitative estimate of drug-likeness (QED) is 0.0427. The fourth-order valence-electron chi connectivity index (χ4n) is 12.3. The number of aromatic nitrogens is 6. The van der Waals surface area contributed by atoms with Crippen molar-refractivity contribution in [2.75, 3.05) is 14.1 Å². The summed E-state index contributed by atoms with van der Waals surface area (Å²) >= 11 is 0. The van der Waals surface area contributed by atoms with Crippen LogP contribution < -0.4 is 31.9 Å². The number of likely N-dealkylation sites (N-methyl/N-ethyl adjacent to an activating group) is 2. The minimum Gasteiger partial charge on any atom is -0.343 e. The van der Waals surface area contributed by atoms with Crippen LogP contribution in [0.25, 0.3) is 0 Å². The average molecular weight is 1120 g/mol. The van der Waals surface area contributed by atoms with Gasteiger partial charge in [-0.15, -0.1) is 10.2 Å². The van der Waals surface area contributed by atoms with Crippen LogP contribution in [0.4, 0.5) is 0 Å². The summed E-state index contributed by atoms with van der Waals surface area (Å²) < 4.78 is 3.68. The van der Waals surface area contributed by atoms with E-state index in [1.54, 1.807) is 37.7 Å². The van der Waals surface area contributed by atoms with E-state index in [2.05, 4.69) is 76.8 Å². The van der Waals surface area contributed by atoms with E-state index in [-0.39, 0.29) is 47.5 Å². The highest BCUT2D eigenvalue weighted by Crippen LogP contribution is 2.34. The first kappa shape index (κ1) is 59.3. The minimum atomic E-state index is -0.676. The zero-order chi connectivity index (χ0) is 57.5. The van der Waals surface area contributed by atoms with Crippen LogP contribution in [0.5, 0.6) is 0 Å². The van der Waals surface area contributed by atoms with Crippen molar-refractivity contribution >= 4 is 35.4 Å². The Labute approximate surface area is 482 Å². The first-order chi connectivity index (χ1) is 39.9. The number of carbonyl (C=O) groups is 6. The monoisotopic (exact) mass is 1120 g/mol. The normalized spacial score (nSPS) is 22.5. The van der Waals surface area contributed by atoms with Crippen molar-refractivity contribution in [1.82, 2.24) is 71.7 Å². The van der Waals surface area contributed by atoms with E-state index in [9.17, 15) is 28.8 Å². The molecule has 6 N–H and O–H groups in total. The van der Waals surface area contributed by atoms with Gasteiger partial charge in [0.1, 0.15) is 35.6 Å². The van der Waals surface area contributed by atoms with Crippen molar-refractivity contribution in [1.29, 1.82) is 0 Å². The van der Waals surface area contributed by atoms with Gasteiger partial charge in [0.05, 0.1) is 36.6 Å². The molecule has 6 amide bonds. The largest absolute Gasteiger partial charge is 0.343 e. The molecule has 4 aliphatic heterocycles. The summed E-state index contributed by atoms with van der Waals surface area (Å²) in [6, 6.07) is 23.5. The van der Waals surface area contributed by atoms with Crippen LogP contribution in [0.15, 0.2) is 97.3 Å². The number of amides is 6. The van der Waals surface area contributed by atoms with Gasteiger partial charge in [-0.1, -0.05) is 121 Å². The van der Waals surface area contributed by atoms with Crippen molar-refractivity contribution in [2.45, 2.75) is 203 Å². The number of nitrogens with zero attached hydrogens (tertiary/aromatic N) is 8. The Bertz CT molecular complexity index is 2720. The molecule has 3 aromatic carbocycles. The van der Waals surface area contributed by atoms with Crippen LogP contribution in [0.3, 0.4) is 0 Å². The highest BCUT2D eigenvalue weighted by molar-refractivity contribution is 5.95. The van der Waals surface area contributed by atoms with Gasteiger partial charge in [0.25, 0.3) is 0 Å². The van der Waals surface area contributed by atoms with Crippen molar-refractivity contribution in [2.24, 2.45) is 0 Å². The molecule has 5 unspecified atom stereocenters. The second kappa shape index (κ2) is 28.6. The highest BCUT2D eigenvalue weighted by Gasteiger charge is 2.46. The van der Waals surface area contributed by atoms with E-state index in [1.165, 1.54) is 11.1 Å². The van der Waals surface area contributed by atoms with Gasteiger partial charge < -0.3 is 41.7 Å². The van der Waals surface area contributed by atoms with Gasteiger partial charge in [-0.2, -0.15) is 0 Å². The third-order valence-corrected chi connectivity index (χ3v) is 17.3. The number of carbonyl (C=O) groups excluding carboxylic acids is 6. The molecular formula is C62H84N14O6. The van der Waals surface area contributed by atoms with Gasteiger partial charge in [-0.25, -0.2) is 0 Å². The fraction of sp³-hybridized carbons (Fsp3) is 0.548. The molecule has 9 rings (SSSR count). The maximum atomic E-state index is 14.3. The lowest BCUT2D eigenvalue weighted by atomic mass is 9.98. The van der Waals surface area contributed by atoms with Crippen molar-refractivity contribution in [3.63, 3.8) is 0 Å². The van der Waals surface area contributed by atoms with Crippen LogP contribution in [-0.2, 0) is 54.7 Å². The molecule has 4 aliphatic rings. The Kier molecular flexibility index (Phi) is 20.7. The predicted octanol–water partition coefficient (Wildman–Crippen LogP) is 5.38. The summed E-state index contributed by atoms with van der Waals surface area (Å²) in [7, 11) is 3.43. The Morgan fingerprint density at radius 1 is 0.512 bits per heavy atom. The van der Waals surface area contributed by atoms with Crippen LogP contribution in [-0.4, -0.2) is 138 Å². The van der Waals surface area contributed by atoms with Gasteiger partial charge in [-0.3, -0.25) is 38.1 Å². The predicted molar refractivity (Wildman–Crippen MR) is 310 cm³/mol. The second-order valence-corrected chi connectivity index (χ2v) is 22.9. The van der Waals surface area contributed by atoms with Crippen molar-refractivity contribution in [3.05, 3.63) is 131 Å². The highest BCUT2D eigenvalue weighted by atomic mass is 16.2. The molecule has 82 heavy (non-hydrogen) atoms. The molecule has 20 heteroatoms. The summed E-state index contributed by atoms with van der Waals surface area (Å²) in [6.45, 7) is 4.86.